The zero-order valence-electron chi connectivity index (χ0n) is 15.9. The molecule has 5 nitrogen and oxygen atoms in total. The Labute approximate surface area is 177 Å². The van der Waals surface area contributed by atoms with Gasteiger partial charge in [-0.05, 0) is 48.7 Å². The number of carbonyl (C=O) groups is 1. The fourth-order valence-corrected chi connectivity index (χ4v) is 5.06. The molecule has 3 rings (SSSR count). The number of alkyl halides is 3. The van der Waals surface area contributed by atoms with Crippen molar-refractivity contribution in [2.75, 3.05) is 18.4 Å². The first-order valence-corrected chi connectivity index (χ1v) is 11.3. The summed E-state index contributed by atoms with van der Waals surface area (Å²) in [6.45, 7) is 1.04. The van der Waals surface area contributed by atoms with Gasteiger partial charge in [0, 0.05) is 24.3 Å². The molecule has 10 heteroatoms. The van der Waals surface area contributed by atoms with E-state index in [2.05, 4.69) is 5.32 Å². The van der Waals surface area contributed by atoms with Crippen LogP contribution in [0.15, 0.2) is 42.5 Å². The minimum Gasteiger partial charge on any atom is -0.322 e. The molecule has 0 aromatic heterocycles. The second-order valence-corrected chi connectivity index (χ2v) is 9.44. The van der Waals surface area contributed by atoms with E-state index in [1.807, 2.05) is 0 Å². The highest BCUT2D eigenvalue weighted by Gasteiger charge is 2.33. The van der Waals surface area contributed by atoms with Gasteiger partial charge in [0.15, 0.2) is 0 Å². The summed E-state index contributed by atoms with van der Waals surface area (Å²) < 4.78 is 65.3. The fourth-order valence-electron chi connectivity index (χ4n) is 3.22. The van der Waals surface area contributed by atoms with Gasteiger partial charge in [-0.3, -0.25) is 4.79 Å². The largest absolute Gasteiger partial charge is 0.417 e. The first-order chi connectivity index (χ1) is 14.1. The van der Waals surface area contributed by atoms with E-state index >= 15 is 0 Å². The summed E-state index contributed by atoms with van der Waals surface area (Å²) in [5.41, 5.74) is -0.366. The van der Waals surface area contributed by atoms with E-state index in [1.54, 1.807) is 0 Å². The van der Waals surface area contributed by atoms with Gasteiger partial charge in [0.2, 0.25) is 10.0 Å². The lowest BCUT2D eigenvalue weighted by molar-refractivity contribution is -0.137. The quantitative estimate of drug-likeness (QED) is 0.688. The Morgan fingerprint density at radius 3 is 2.27 bits per heavy atom. The van der Waals surface area contributed by atoms with E-state index in [4.69, 9.17) is 11.6 Å². The number of amides is 1. The van der Waals surface area contributed by atoms with Crippen molar-refractivity contribution in [1.82, 2.24) is 4.31 Å². The number of nitrogens with zero attached hydrogens (tertiary/aromatic N) is 1. The van der Waals surface area contributed by atoms with Crippen LogP contribution in [-0.2, 0) is 22.0 Å². The number of hydrogen-bond donors (Lipinski definition) is 1. The van der Waals surface area contributed by atoms with E-state index in [0.717, 1.165) is 31.4 Å². The molecule has 1 aliphatic rings. The number of carbonyl (C=O) groups excluding carboxylic acids is 1. The van der Waals surface area contributed by atoms with Crippen LogP contribution in [0.4, 0.5) is 18.9 Å². The maximum absolute atomic E-state index is 13.0. The van der Waals surface area contributed by atoms with Gasteiger partial charge in [-0.15, -0.1) is 0 Å². The molecule has 0 saturated carbocycles. The molecule has 1 amide bonds. The second kappa shape index (κ2) is 8.95. The molecular formula is C20H20ClF3N2O3S. The summed E-state index contributed by atoms with van der Waals surface area (Å²) in [5, 5.41) is 1.93. The van der Waals surface area contributed by atoms with Crippen molar-refractivity contribution in [1.29, 1.82) is 0 Å². The lowest BCUT2D eigenvalue weighted by Gasteiger charge is -2.25. The monoisotopic (exact) mass is 460 g/mol. The molecule has 30 heavy (non-hydrogen) atoms. The Hall–Kier alpha value is -2.10. The number of halogens is 4. The third kappa shape index (κ3) is 5.53. The van der Waals surface area contributed by atoms with Crippen molar-refractivity contribution in [2.24, 2.45) is 0 Å². The Balaban J connectivity index is 1.68. The summed E-state index contributed by atoms with van der Waals surface area (Å²) in [7, 11) is -3.43. The van der Waals surface area contributed by atoms with Crippen LogP contribution in [0.3, 0.4) is 0 Å². The molecule has 1 fully saturated rings. The Kier molecular flexibility index (Phi) is 6.74. The summed E-state index contributed by atoms with van der Waals surface area (Å²) >= 11 is 5.58. The number of rotatable bonds is 5. The molecule has 0 bridgehead atoms. The SMILES string of the molecule is O=C(Nc1ccc(Cl)c(C(F)(F)F)c1)c1ccc(CS(=O)(=O)N2CCCCC2)cc1. The average molecular weight is 461 g/mol. The van der Waals surface area contributed by atoms with Gasteiger partial charge in [-0.2, -0.15) is 13.2 Å². The van der Waals surface area contributed by atoms with Crippen LogP contribution in [0.2, 0.25) is 5.02 Å². The van der Waals surface area contributed by atoms with Gasteiger partial charge in [0.25, 0.3) is 5.91 Å². The van der Waals surface area contributed by atoms with E-state index in [9.17, 15) is 26.4 Å². The molecule has 1 saturated heterocycles. The van der Waals surface area contributed by atoms with Crippen molar-refractivity contribution in [3.05, 3.63) is 64.2 Å². The summed E-state index contributed by atoms with van der Waals surface area (Å²) in [6.07, 6.45) is -1.93. The van der Waals surface area contributed by atoms with Crippen molar-refractivity contribution in [3.8, 4) is 0 Å². The van der Waals surface area contributed by atoms with Gasteiger partial charge in [0.05, 0.1) is 16.3 Å². The topological polar surface area (TPSA) is 66.5 Å². The first kappa shape index (κ1) is 22.6. The van der Waals surface area contributed by atoms with Crippen molar-refractivity contribution in [3.63, 3.8) is 0 Å². The predicted molar refractivity (Wildman–Crippen MR) is 109 cm³/mol. The molecular weight excluding hydrogens is 441 g/mol. The van der Waals surface area contributed by atoms with Crippen molar-refractivity contribution in [2.45, 2.75) is 31.2 Å². The molecule has 162 valence electrons. The maximum atomic E-state index is 13.0. The van der Waals surface area contributed by atoms with Gasteiger partial charge < -0.3 is 5.32 Å². The highest BCUT2D eigenvalue weighted by molar-refractivity contribution is 7.88. The summed E-state index contributed by atoms with van der Waals surface area (Å²) in [4.78, 5) is 12.4. The number of benzene rings is 2. The molecule has 1 heterocycles. The van der Waals surface area contributed by atoms with Crippen molar-refractivity contribution < 1.29 is 26.4 Å². The molecule has 1 aliphatic heterocycles. The van der Waals surface area contributed by atoms with Crippen LogP contribution in [0.25, 0.3) is 0 Å². The highest BCUT2D eigenvalue weighted by atomic mass is 35.5. The third-order valence-corrected chi connectivity index (χ3v) is 6.98. The van der Waals surface area contributed by atoms with Gasteiger partial charge in [-0.1, -0.05) is 30.2 Å². The molecule has 1 N–H and O–H groups in total. The Morgan fingerprint density at radius 1 is 1.03 bits per heavy atom. The molecule has 0 unspecified atom stereocenters. The number of anilines is 1. The Bertz CT molecular complexity index is 1020. The zero-order chi connectivity index (χ0) is 21.9. The van der Waals surface area contributed by atoms with Gasteiger partial charge in [-0.25, -0.2) is 12.7 Å². The molecule has 2 aromatic rings. The smallest absolute Gasteiger partial charge is 0.322 e. The van der Waals surface area contributed by atoms with E-state index in [0.29, 0.717) is 18.7 Å². The van der Waals surface area contributed by atoms with Crippen LogP contribution in [0.1, 0.15) is 40.7 Å². The van der Waals surface area contributed by atoms with Gasteiger partial charge in [0.1, 0.15) is 0 Å². The fraction of sp³-hybridized carbons (Fsp3) is 0.350. The van der Waals surface area contributed by atoms with Crippen LogP contribution in [0, 0.1) is 0 Å². The lowest BCUT2D eigenvalue weighted by Crippen LogP contribution is -2.36. The molecule has 0 radical (unpaired) electrons. The molecule has 0 atom stereocenters. The average Bonchev–Trinajstić information content (AvgIpc) is 2.69. The van der Waals surface area contributed by atoms with Crippen LogP contribution < -0.4 is 5.32 Å². The first-order valence-electron chi connectivity index (χ1n) is 9.31. The maximum Gasteiger partial charge on any atom is 0.417 e. The summed E-state index contributed by atoms with van der Waals surface area (Å²) in [5.74, 6) is -0.781. The second-order valence-electron chi connectivity index (χ2n) is 7.06. The Morgan fingerprint density at radius 2 is 1.67 bits per heavy atom. The van der Waals surface area contributed by atoms with Crippen molar-refractivity contribution >= 4 is 33.2 Å². The number of sulfonamides is 1. The standard InChI is InChI=1S/C20H20ClF3N2O3S/c21-18-9-8-16(12-17(18)20(22,23)24)25-19(27)15-6-4-14(5-7-15)13-30(28,29)26-10-2-1-3-11-26/h4-9,12H,1-3,10-11,13H2,(H,25,27). The van der Waals surface area contributed by atoms with Crippen LogP contribution >= 0.6 is 11.6 Å². The van der Waals surface area contributed by atoms with E-state index in [-0.39, 0.29) is 17.0 Å². The number of piperidine rings is 1. The zero-order valence-corrected chi connectivity index (χ0v) is 17.4. The van der Waals surface area contributed by atoms with E-state index < -0.39 is 32.7 Å². The van der Waals surface area contributed by atoms with Gasteiger partial charge >= 0.3 is 6.18 Å². The molecule has 2 aromatic carbocycles. The highest BCUT2D eigenvalue weighted by Crippen LogP contribution is 2.36. The normalized spacial score (nSPS) is 15.7. The minimum atomic E-state index is -4.64. The van der Waals surface area contributed by atoms with E-state index in [1.165, 1.54) is 34.6 Å². The molecule has 0 spiro atoms. The third-order valence-electron chi connectivity index (χ3n) is 4.80. The number of hydrogen-bond acceptors (Lipinski definition) is 3. The lowest BCUT2D eigenvalue weighted by atomic mass is 10.1. The predicted octanol–water partition coefficient (Wildman–Crippen LogP) is 4.93. The summed E-state index contributed by atoms with van der Waals surface area (Å²) in [6, 6.07) is 9.04. The van der Waals surface area contributed by atoms with Crippen LogP contribution in [-0.4, -0.2) is 31.7 Å². The number of nitrogens with one attached hydrogen (secondary N) is 1. The molecule has 0 aliphatic carbocycles. The van der Waals surface area contributed by atoms with Crippen LogP contribution in [0.5, 0.6) is 0 Å². The minimum absolute atomic E-state index is 0.0477.